The van der Waals surface area contributed by atoms with Crippen molar-refractivity contribution in [2.45, 2.75) is 26.4 Å². The third-order valence-corrected chi connectivity index (χ3v) is 4.97. The molecule has 29 heavy (non-hydrogen) atoms. The molecule has 6 nitrogen and oxygen atoms in total. The Balaban J connectivity index is 1.50. The van der Waals surface area contributed by atoms with Crippen LogP contribution in [0.1, 0.15) is 24.5 Å². The second kappa shape index (κ2) is 9.96. The molecule has 0 saturated carbocycles. The normalized spacial score (nSPS) is 16.0. The summed E-state index contributed by atoms with van der Waals surface area (Å²) in [5, 5.41) is 0. The lowest BCUT2D eigenvalue weighted by Crippen LogP contribution is -2.28. The Labute approximate surface area is 171 Å². The first-order chi connectivity index (χ1) is 14.1. The van der Waals surface area contributed by atoms with Crippen LogP contribution < -0.4 is 9.47 Å². The molecule has 1 atom stereocenters. The molecule has 0 radical (unpaired) electrons. The number of methoxy groups -OCH3 is 1. The Bertz CT molecular complexity index is 836. The molecule has 3 rings (SSSR count). The van der Waals surface area contributed by atoms with Gasteiger partial charge in [-0.05, 0) is 36.6 Å². The number of benzene rings is 2. The van der Waals surface area contributed by atoms with Gasteiger partial charge in [0.1, 0.15) is 6.61 Å². The molecule has 2 aromatic rings. The molecule has 154 valence electrons. The number of ether oxygens (including phenoxy) is 3. The Hall–Kier alpha value is -3.02. The first kappa shape index (κ1) is 20.7. The van der Waals surface area contributed by atoms with Gasteiger partial charge < -0.3 is 19.1 Å². The molecule has 1 heterocycles. The Morgan fingerprint density at radius 3 is 2.62 bits per heavy atom. The maximum Gasteiger partial charge on any atom is 0.311 e. The Morgan fingerprint density at radius 2 is 1.90 bits per heavy atom. The van der Waals surface area contributed by atoms with Crippen LogP contribution in [0, 0.1) is 5.92 Å². The average molecular weight is 397 g/mol. The molecule has 1 fully saturated rings. The van der Waals surface area contributed by atoms with Crippen molar-refractivity contribution in [3.63, 3.8) is 0 Å². The highest BCUT2D eigenvalue weighted by molar-refractivity contribution is 5.86. The molecule has 1 amide bonds. The minimum absolute atomic E-state index is 0.00520. The van der Waals surface area contributed by atoms with Gasteiger partial charge in [-0.1, -0.05) is 36.4 Å². The van der Waals surface area contributed by atoms with Gasteiger partial charge in [-0.3, -0.25) is 9.59 Å². The number of likely N-dealkylation sites (tertiary alicyclic amines) is 1. The molecule has 0 bridgehead atoms. The molecule has 0 unspecified atom stereocenters. The van der Waals surface area contributed by atoms with Crippen molar-refractivity contribution in [1.82, 2.24) is 4.90 Å². The number of hydrogen-bond donors (Lipinski definition) is 0. The van der Waals surface area contributed by atoms with Gasteiger partial charge in [0, 0.05) is 19.5 Å². The maximum absolute atomic E-state index is 12.5. The number of carbonyl (C=O) groups excluding carboxylic acids is 2. The fourth-order valence-corrected chi connectivity index (χ4v) is 3.40. The SMILES string of the molecule is CCOc1ccc(COC(=O)[C@H]2CC(=O)N(CCc3ccccc3)C2)cc1OC. The molecule has 6 heteroatoms. The molecule has 1 saturated heterocycles. The van der Waals surface area contributed by atoms with E-state index in [4.69, 9.17) is 14.2 Å². The predicted octanol–water partition coefficient (Wildman–Crippen LogP) is 3.23. The quantitative estimate of drug-likeness (QED) is 0.608. The summed E-state index contributed by atoms with van der Waals surface area (Å²) in [5.41, 5.74) is 1.99. The highest BCUT2D eigenvalue weighted by atomic mass is 16.5. The second-order valence-corrected chi connectivity index (χ2v) is 7.00. The van der Waals surface area contributed by atoms with E-state index in [1.54, 1.807) is 24.1 Å². The summed E-state index contributed by atoms with van der Waals surface area (Å²) in [6, 6.07) is 15.5. The van der Waals surface area contributed by atoms with Crippen LogP contribution in [0.15, 0.2) is 48.5 Å². The van der Waals surface area contributed by atoms with Gasteiger partial charge in [-0.2, -0.15) is 0 Å². The summed E-state index contributed by atoms with van der Waals surface area (Å²) in [7, 11) is 1.57. The van der Waals surface area contributed by atoms with Gasteiger partial charge >= 0.3 is 5.97 Å². The Kier molecular flexibility index (Phi) is 7.11. The molecule has 1 aliphatic rings. The van der Waals surface area contributed by atoms with Gasteiger partial charge in [0.15, 0.2) is 11.5 Å². The highest BCUT2D eigenvalue weighted by Crippen LogP contribution is 2.28. The zero-order chi connectivity index (χ0) is 20.6. The fourth-order valence-electron chi connectivity index (χ4n) is 3.40. The van der Waals surface area contributed by atoms with Crippen molar-refractivity contribution in [2.75, 3.05) is 26.8 Å². The number of nitrogens with zero attached hydrogens (tertiary/aromatic N) is 1. The van der Waals surface area contributed by atoms with Gasteiger partial charge in [0.2, 0.25) is 5.91 Å². The highest BCUT2D eigenvalue weighted by Gasteiger charge is 2.35. The van der Waals surface area contributed by atoms with Gasteiger partial charge in [-0.15, -0.1) is 0 Å². The van der Waals surface area contributed by atoms with Crippen LogP contribution in [-0.2, 0) is 27.4 Å². The standard InChI is InChI=1S/C23H27NO5/c1-3-28-20-10-9-18(13-21(20)27-2)16-29-23(26)19-14-22(25)24(15-19)12-11-17-7-5-4-6-8-17/h4-10,13,19H,3,11-12,14-16H2,1-2H3/t19-/m0/s1. The summed E-state index contributed by atoms with van der Waals surface area (Å²) in [5.74, 6) is 0.506. The number of carbonyl (C=O) groups is 2. The summed E-state index contributed by atoms with van der Waals surface area (Å²) in [4.78, 5) is 26.5. The number of rotatable bonds is 9. The smallest absolute Gasteiger partial charge is 0.311 e. The Morgan fingerprint density at radius 1 is 1.10 bits per heavy atom. The molecular weight excluding hydrogens is 370 g/mol. The van der Waals surface area contributed by atoms with Gasteiger partial charge in [0.05, 0.1) is 19.6 Å². The molecule has 1 aliphatic heterocycles. The fraction of sp³-hybridized carbons (Fsp3) is 0.391. The second-order valence-electron chi connectivity index (χ2n) is 7.00. The monoisotopic (exact) mass is 397 g/mol. The molecule has 0 spiro atoms. The summed E-state index contributed by atoms with van der Waals surface area (Å²) in [6.07, 6.45) is 0.987. The third kappa shape index (κ3) is 5.50. The minimum atomic E-state index is -0.414. The largest absolute Gasteiger partial charge is 0.493 e. The van der Waals surface area contributed by atoms with E-state index in [1.807, 2.05) is 43.3 Å². The lowest BCUT2D eigenvalue weighted by molar-refractivity contribution is -0.149. The molecule has 0 N–H and O–H groups in total. The summed E-state index contributed by atoms with van der Waals surface area (Å²) < 4.78 is 16.3. The lowest BCUT2D eigenvalue weighted by Gasteiger charge is -2.16. The third-order valence-electron chi connectivity index (χ3n) is 4.97. The first-order valence-electron chi connectivity index (χ1n) is 9.88. The van der Waals surface area contributed by atoms with Crippen LogP contribution in [0.5, 0.6) is 11.5 Å². The molecular formula is C23H27NO5. The van der Waals surface area contributed by atoms with Crippen LogP contribution in [0.4, 0.5) is 0 Å². The topological polar surface area (TPSA) is 65.1 Å². The average Bonchev–Trinajstić information content (AvgIpc) is 3.13. The van der Waals surface area contributed by atoms with E-state index >= 15 is 0 Å². The van der Waals surface area contributed by atoms with E-state index in [-0.39, 0.29) is 24.9 Å². The van der Waals surface area contributed by atoms with Crippen molar-refractivity contribution in [1.29, 1.82) is 0 Å². The van der Waals surface area contributed by atoms with Crippen LogP contribution in [0.25, 0.3) is 0 Å². The molecule has 0 aromatic heterocycles. The van der Waals surface area contributed by atoms with Crippen molar-refractivity contribution in [3.8, 4) is 11.5 Å². The van der Waals surface area contributed by atoms with E-state index in [1.165, 1.54) is 5.56 Å². The maximum atomic E-state index is 12.5. The predicted molar refractivity (Wildman–Crippen MR) is 109 cm³/mol. The van der Waals surface area contributed by atoms with Crippen molar-refractivity contribution in [3.05, 3.63) is 59.7 Å². The van der Waals surface area contributed by atoms with Crippen LogP contribution >= 0.6 is 0 Å². The molecule has 0 aliphatic carbocycles. The zero-order valence-electron chi connectivity index (χ0n) is 16.9. The zero-order valence-corrected chi connectivity index (χ0v) is 16.9. The molecule has 2 aromatic carbocycles. The van der Waals surface area contributed by atoms with Crippen LogP contribution in [0.2, 0.25) is 0 Å². The van der Waals surface area contributed by atoms with Crippen molar-refractivity contribution < 1.29 is 23.8 Å². The summed E-state index contributed by atoms with van der Waals surface area (Å²) in [6.45, 7) is 3.61. The number of amides is 1. The van der Waals surface area contributed by atoms with Gasteiger partial charge in [-0.25, -0.2) is 0 Å². The van der Waals surface area contributed by atoms with E-state index in [0.29, 0.717) is 31.2 Å². The lowest BCUT2D eigenvalue weighted by atomic mass is 10.1. The van der Waals surface area contributed by atoms with Crippen LogP contribution in [0.3, 0.4) is 0 Å². The minimum Gasteiger partial charge on any atom is -0.493 e. The van der Waals surface area contributed by atoms with Crippen LogP contribution in [-0.4, -0.2) is 43.6 Å². The number of esters is 1. The summed E-state index contributed by atoms with van der Waals surface area (Å²) >= 11 is 0. The van der Waals surface area contributed by atoms with E-state index in [0.717, 1.165) is 12.0 Å². The van der Waals surface area contributed by atoms with Crippen molar-refractivity contribution >= 4 is 11.9 Å². The van der Waals surface area contributed by atoms with E-state index < -0.39 is 5.92 Å². The number of hydrogen-bond acceptors (Lipinski definition) is 5. The first-order valence-corrected chi connectivity index (χ1v) is 9.88. The van der Waals surface area contributed by atoms with Crippen molar-refractivity contribution in [2.24, 2.45) is 5.92 Å². The van der Waals surface area contributed by atoms with E-state index in [9.17, 15) is 9.59 Å². The van der Waals surface area contributed by atoms with E-state index in [2.05, 4.69) is 0 Å². The van der Waals surface area contributed by atoms with Gasteiger partial charge in [0.25, 0.3) is 0 Å².